The highest BCUT2D eigenvalue weighted by Crippen LogP contribution is 2.33. The van der Waals surface area contributed by atoms with Crippen LogP contribution in [0.25, 0.3) is 0 Å². The van der Waals surface area contributed by atoms with Crippen LogP contribution in [0.2, 0.25) is 0 Å². The fraction of sp³-hybridized carbons (Fsp3) is 0.625. The molecule has 20 heavy (non-hydrogen) atoms. The van der Waals surface area contributed by atoms with Gasteiger partial charge in [0, 0.05) is 12.6 Å². The SMILES string of the molecule is CCC1CCCN1CC(O)c1ccc2c(c1)OCCO2. The van der Waals surface area contributed by atoms with Crippen molar-refractivity contribution >= 4 is 0 Å². The van der Waals surface area contributed by atoms with Crippen molar-refractivity contribution in [1.29, 1.82) is 0 Å². The van der Waals surface area contributed by atoms with Gasteiger partial charge in [-0.25, -0.2) is 0 Å². The minimum Gasteiger partial charge on any atom is -0.486 e. The fourth-order valence-corrected chi connectivity index (χ4v) is 3.19. The van der Waals surface area contributed by atoms with Gasteiger partial charge in [-0.2, -0.15) is 0 Å². The third-order valence-electron chi connectivity index (χ3n) is 4.33. The summed E-state index contributed by atoms with van der Waals surface area (Å²) in [6.07, 6.45) is 3.20. The van der Waals surface area contributed by atoms with E-state index in [9.17, 15) is 5.11 Å². The second-order valence-electron chi connectivity index (χ2n) is 5.62. The monoisotopic (exact) mass is 277 g/mol. The van der Waals surface area contributed by atoms with Gasteiger partial charge in [-0.15, -0.1) is 0 Å². The zero-order chi connectivity index (χ0) is 13.9. The molecule has 2 unspecified atom stereocenters. The first-order valence-corrected chi connectivity index (χ1v) is 7.59. The van der Waals surface area contributed by atoms with Crippen molar-refractivity contribution in [1.82, 2.24) is 4.90 Å². The van der Waals surface area contributed by atoms with E-state index in [1.807, 2.05) is 18.2 Å². The summed E-state index contributed by atoms with van der Waals surface area (Å²) >= 11 is 0. The lowest BCUT2D eigenvalue weighted by Gasteiger charge is -2.26. The molecule has 1 saturated heterocycles. The zero-order valence-electron chi connectivity index (χ0n) is 12.0. The number of aliphatic hydroxyl groups is 1. The van der Waals surface area contributed by atoms with Gasteiger partial charge in [-0.3, -0.25) is 4.90 Å². The highest BCUT2D eigenvalue weighted by molar-refractivity contribution is 5.44. The Labute approximate surface area is 120 Å². The molecule has 0 radical (unpaired) electrons. The van der Waals surface area contributed by atoms with Crippen molar-refractivity contribution in [3.8, 4) is 11.5 Å². The summed E-state index contributed by atoms with van der Waals surface area (Å²) in [5.74, 6) is 1.53. The first-order valence-electron chi connectivity index (χ1n) is 7.59. The summed E-state index contributed by atoms with van der Waals surface area (Å²) in [7, 11) is 0. The average molecular weight is 277 g/mol. The molecular weight excluding hydrogens is 254 g/mol. The Balaban J connectivity index is 1.69. The number of β-amino-alcohol motifs (C(OH)–C–C–N with tert-alkyl or cyclic N) is 1. The standard InChI is InChI=1S/C16H23NO3/c1-2-13-4-3-7-17(13)11-14(18)12-5-6-15-16(10-12)20-9-8-19-15/h5-6,10,13-14,18H,2-4,7-9,11H2,1H3. The Morgan fingerprint density at radius 2 is 2.10 bits per heavy atom. The molecule has 0 bridgehead atoms. The molecular formula is C16H23NO3. The predicted molar refractivity (Wildman–Crippen MR) is 77.3 cm³/mol. The first-order chi connectivity index (χ1) is 9.78. The first kappa shape index (κ1) is 13.7. The summed E-state index contributed by atoms with van der Waals surface area (Å²) in [4.78, 5) is 2.40. The van der Waals surface area contributed by atoms with Gasteiger partial charge in [0.1, 0.15) is 13.2 Å². The minimum atomic E-state index is -0.460. The molecule has 0 amide bonds. The molecule has 0 saturated carbocycles. The summed E-state index contributed by atoms with van der Waals surface area (Å²) < 4.78 is 11.1. The van der Waals surface area contributed by atoms with Gasteiger partial charge >= 0.3 is 0 Å². The summed E-state index contributed by atoms with van der Waals surface area (Å²) in [5.41, 5.74) is 0.913. The molecule has 2 heterocycles. The normalized spacial score (nSPS) is 23.8. The second kappa shape index (κ2) is 6.02. The average Bonchev–Trinajstić information content (AvgIpc) is 2.94. The quantitative estimate of drug-likeness (QED) is 0.917. The molecule has 110 valence electrons. The number of hydrogen-bond acceptors (Lipinski definition) is 4. The van der Waals surface area contributed by atoms with E-state index in [1.54, 1.807) is 0 Å². The zero-order valence-corrected chi connectivity index (χ0v) is 12.0. The van der Waals surface area contributed by atoms with Gasteiger partial charge in [-0.1, -0.05) is 13.0 Å². The van der Waals surface area contributed by atoms with Crippen molar-refractivity contribution in [3.05, 3.63) is 23.8 Å². The molecule has 1 N–H and O–H groups in total. The Morgan fingerprint density at radius 1 is 1.30 bits per heavy atom. The maximum Gasteiger partial charge on any atom is 0.161 e. The van der Waals surface area contributed by atoms with E-state index in [1.165, 1.54) is 12.8 Å². The van der Waals surface area contributed by atoms with Crippen molar-refractivity contribution in [2.75, 3.05) is 26.3 Å². The largest absolute Gasteiger partial charge is 0.486 e. The molecule has 3 rings (SSSR count). The van der Waals surface area contributed by atoms with Crippen LogP contribution in [-0.2, 0) is 0 Å². The maximum atomic E-state index is 10.5. The molecule has 2 aliphatic heterocycles. The molecule has 0 aliphatic carbocycles. The van der Waals surface area contributed by atoms with Gasteiger partial charge in [0.25, 0.3) is 0 Å². The van der Waals surface area contributed by atoms with Crippen LogP contribution >= 0.6 is 0 Å². The van der Waals surface area contributed by atoms with Crippen LogP contribution in [0.4, 0.5) is 0 Å². The molecule has 2 atom stereocenters. The van der Waals surface area contributed by atoms with Crippen LogP contribution in [0.5, 0.6) is 11.5 Å². The topological polar surface area (TPSA) is 41.9 Å². The van der Waals surface area contributed by atoms with E-state index in [2.05, 4.69) is 11.8 Å². The van der Waals surface area contributed by atoms with Crippen LogP contribution < -0.4 is 9.47 Å². The van der Waals surface area contributed by atoms with Gasteiger partial charge in [0.2, 0.25) is 0 Å². The van der Waals surface area contributed by atoms with E-state index in [0.29, 0.717) is 25.8 Å². The number of rotatable bonds is 4. The van der Waals surface area contributed by atoms with Crippen molar-refractivity contribution in [3.63, 3.8) is 0 Å². The molecule has 1 fully saturated rings. The lowest BCUT2D eigenvalue weighted by molar-refractivity contribution is 0.104. The van der Waals surface area contributed by atoms with E-state index < -0.39 is 6.10 Å². The van der Waals surface area contributed by atoms with Crippen LogP contribution in [0, 0.1) is 0 Å². The van der Waals surface area contributed by atoms with Crippen LogP contribution in [0.3, 0.4) is 0 Å². The number of hydrogen-bond donors (Lipinski definition) is 1. The summed E-state index contributed by atoms with van der Waals surface area (Å²) in [5, 5.41) is 10.5. The van der Waals surface area contributed by atoms with E-state index in [4.69, 9.17) is 9.47 Å². The maximum absolute atomic E-state index is 10.5. The van der Waals surface area contributed by atoms with Crippen molar-refractivity contribution in [2.45, 2.75) is 38.3 Å². The number of likely N-dealkylation sites (tertiary alicyclic amines) is 1. The van der Waals surface area contributed by atoms with E-state index in [-0.39, 0.29) is 0 Å². The van der Waals surface area contributed by atoms with Crippen LogP contribution in [0.1, 0.15) is 37.9 Å². The molecule has 2 aliphatic rings. The van der Waals surface area contributed by atoms with E-state index >= 15 is 0 Å². The molecule has 4 heteroatoms. The molecule has 1 aromatic carbocycles. The second-order valence-corrected chi connectivity index (χ2v) is 5.62. The Hall–Kier alpha value is -1.26. The molecule has 0 spiro atoms. The highest BCUT2D eigenvalue weighted by Gasteiger charge is 2.25. The van der Waals surface area contributed by atoms with Crippen LogP contribution in [0.15, 0.2) is 18.2 Å². The molecule has 0 aromatic heterocycles. The molecule has 1 aromatic rings. The van der Waals surface area contributed by atoms with Gasteiger partial charge < -0.3 is 14.6 Å². The highest BCUT2D eigenvalue weighted by atomic mass is 16.6. The summed E-state index contributed by atoms with van der Waals surface area (Å²) in [6, 6.07) is 6.38. The number of ether oxygens (including phenoxy) is 2. The Morgan fingerprint density at radius 3 is 2.90 bits per heavy atom. The lowest BCUT2D eigenvalue weighted by Crippen LogP contribution is -2.32. The predicted octanol–water partition coefficient (Wildman–Crippen LogP) is 2.37. The Kier molecular flexibility index (Phi) is 4.13. The minimum absolute atomic E-state index is 0.460. The van der Waals surface area contributed by atoms with Crippen LogP contribution in [-0.4, -0.2) is 42.4 Å². The van der Waals surface area contributed by atoms with E-state index in [0.717, 1.165) is 30.0 Å². The smallest absolute Gasteiger partial charge is 0.161 e. The number of nitrogens with zero attached hydrogens (tertiary/aromatic N) is 1. The number of aliphatic hydroxyl groups excluding tert-OH is 1. The fourth-order valence-electron chi connectivity index (χ4n) is 3.19. The van der Waals surface area contributed by atoms with Crippen molar-refractivity contribution in [2.24, 2.45) is 0 Å². The lowest BCUT2D eigenvalue weighted by atomic mass is 10.1. The molecule has 4 nitrogen and oxygen atoms in total. The van der Waals surface area contributed by atoms with Gasteiger partial charge in [-0.05, 0) is 43.5 Å². The summed E-state index contributed by atoms with van der Waals surface area (Å²) in [6.45, 7) is 5.20. The third kappa shape index (κ3) is 2.76. The number of fused-ring (bicyclic) bond motifs is 1. The Bertz CT molecular complexity index is 463. The van der Waals surface area contributed by atoms with Gasteiger partial charge in [0.05, 0.1) is 6.10 Å². The van der Waals surface area contributed by atoms with Gasteiger partial charge in [0.15, 0.2) is 11.5 Å². The third-order valence-corrected chi connectivity index (χ3v) is 4.33. The number of benzene rings is 1. The van der Waals surface area contributed by atoms with Crippen molar-refractivity contribution < 1.29 is 14.6 Å².